The predicted octanol–water partition coefficient (Wildman–Crippen LogP) is 6.75. The third-order valence-electron chi connectivity index (χ3n) is 4.31. The quantitative estimate of drug-likeness (QED) is 0.546. The van der Waals surface area contributed by atoms with Gasteiger partial charge in [-0.25, -0.2) is 0 Å². The summed E-state index contributed by atoms with van der Waals surface area (Å²) in [7, 11) is 0. The second-order valence-electron chi connectivity index (χ2n) is 8.58. The molecule has 0 aromatic heterocycles. The number of hydrogen-bond acceptors (Lipinski definition) is 1. The molecule has 0 saturated carbocycles. The first-order valence-electron chi connectivity index (χ1n) is 8.95. The second-order valence-corrected chi connectivity index (χ2v) is 8.58. The highest BCUT2D eigenvalue weighted by atomic mass is 16.5. The van der Waals surface area contributed by atoms with E-state index in [1.165, 1.54) is 16.7 Å². The average molecular weight is 317 g/mol. The van der Waals surface area contributed by atoms with E-state index in [1.807, 2.05) is 0 Å². The van der Waals surface area contributed by atoms with Gasteiger partial charge in [0.25, 0.3) is 0 Å². The number of hydrogen-bond donors (Lipinski definition) is 0. The van der Waals surface area contributed by atoms with Gasteiger partial charge in [-0.05, 0) is 42.6 Å². The van der Waals surface area contributed by atoms with Crippen LogP contribution in [0.15, 0.2) is 24.3 Å². The molecule has 0 bridgehead atoms. The first kappa shape index (κ1) is 19.8. The molecule has 1 aromatic carbocycles. The van der Waals surface area contributed by atoms with E-state index in [1.54, 1.807) is 0 Å². The fraction of sp³-hybridized carbons (Fsp3) is 0.636. The van der Waals surface area contributed by atoms with Crippen LogP contribution >= 0.6 is 0 Å². The molecule has 130 valence electrons. The zero-order valence-corrected chi connectivity index (χ0v) is 16.7. The Labute approximate surface area is 144 Å². The third-order valence-corrected chi connectivity index (χ3v) is 4.31. The molecule has 0 aliphatic heterocycles. The highest BCUT2D eigenvalue weighted by molar-refractivity contribution is 5.51. The van der Waals surface area contributed by atoms with E-state index in [2.05, 4.69) is 86.6 Å². The molecule has 1 atom stereocenters. The normalized spacial score (nSPS) is 14.3. The molecular formula is C22H36O. The summed E-state index contributed by atoms with van der Waals surface area (Å²) in [5.41, 5.74) is 4.21. The van der Waals surface area contributed by atoms with Gasteiger partial charge in [-0.15, -0.1) is 0 Å². The second kappa shape index (κ2) is 7.55. The maximum Gasteiger partial charge on any atom is 0.126 e. The van der Waals surface area contributed by atoms with Crippen molar-refractivity contribution in [3.63, 3.8) is 0 Å². The van der Waals surface area contributed by atoms with Crippen molar-refractivity contribution in [3.05, 3.63) is 41.0 Å². The SMILES string of the molecule is C/C=C\CC(C)c1cc(C(C)(C)C)c(OCC)c(C(C)(C)C)c1. The molecule has 1 unspecified atom stereocenters. The third kappa shape index (κ3) is 5.12. The molecule has 0 aliphatic rings. The van der Waals surface area contributed by atoms with Crippen LogP contribution in [0.1, 0.15) is 91.3 Å². The highest BCUT2D eigenvalue weighted by Gasteiger charge is 2.28. The lowest BCUT2D eigenvalue weighted by atomic mass is 9.77. The molecule has 0 fully saturated rings. The van der Waals surface area contributed by atoms with Gasteiger partial charge in [0.05, 0.1) is 6.61 Å². The van der Waals surface area contributed by atoms with Crippen LogP contribution < -0.4 is 4.74 Å². The maximum absolute atomic E-state index is 6.12. The Kier molecular flexibility index (Phi) is 6.50. The van der Waals surface area contributed by atoms with Gasteiger partial charge < -0.3 is 4.74 Å². The number of benzene rings is 1. The summed E-state index contributed by atoms with van der Waals surface area (Å²) in [6, 6.07) is 4.74. The van der Waals surface area contributed by atoms with Gasteiger partial charge in [-0.3, -0.25) is 0 Å². The minimum absolute atomic E-state index is 0.0703. The zero-order valence-electron chi connectivity index (χ0n) is 16.7. The van der Waals surface area contributed by atoms with Gasteiger partial charge in [-0.1, -0.05) is 72.8 Å². The van der Waals surface area contributed by atoms with Crippen molar-refractivity contribution in [2.24, 2.45) is 0 Å². The predicted molar refractivity (Wildman–Crippen MR) is 103 cm³/mol. The number of allylic oxidation sites excluding steroid dienone is 2. The van der Waals surface area contributed by atoms with Crippen LogP contribution in [0.3, 0.4) is 0 Å². The summed E-state index contributed by atoms with van der Waals surface area (Å²) >= 11 is 0. The monoisotopic (exact) mass is 316 g/mol. The van der Waals surface area contributed by atoms with Crippen LogP contribution in [-0.2, 0) is 10.8 Å². The average Bonchev–Trinajstić information content (AvgIpc) is 2.42. The molecule has 0 radical (unpaired) electrons. The van der Waals surface area contributed by atoms with Crippen LogP contribution in [0.25, 0.3) is 0 Å². The molecule has 0 amide bonds. The first-order chi connectivity index (χ1) is 10.5. The Bertz CT molecular complexity index is 503. The zero-order chi connectivity index (χ0) is 17.8. The van der Waals surface area contributed by atoms with Gasteiger partial charge in [0.1, 0.15) is 5.75 Å². The Balaban J connectivity index is 3.58. The van der Waals surface area contributed by atoms with Crippen LogP contribution in [0.2, 0.25) is 0 Å². The lowest BCUT2D eigenvalue weighted by molar-refractivity contribution is 0.319. The topological polar surface area (TPSA) is 9.23 Å². The van der Waals surface area contributed by atoms with E-state index in [9.17, 15) is 0 Å². The van der Waals surface area contributed by atoms with Gasteiger partial charge in [-0.2, -0.15) is 0 Å². The summed E-state index contributed by atoms with van der Waals surface area (Å²) in [4.78, 5) is 0. The molecule has 0 N–H and O–H groups in total. The molecule has 1 aromatic rings. The van der Waals surface area contributed by atoms with Crippen molar-refractivity contribution in [1.82, 2.24) is 0 Å². The van der Waals surface area contributed by atoms with Crippen molar-refractivity contribution in [1.29, 1.82) is 0 Å². The summed E-state index contributed by atoms with van der Waals surface area (Å²) in [6.07, 6.45) is 5.48. The van der Waals surface area contributed by atoms with E-state index in [4.69, 9.17) is 4.74 Å². The van der Waals surface area contributed by atoms with Crippen molar-refractivity contribution in [3.8, 4) is 5.75 Å². The number of rotatable bonds is 5. The molecule has 0 spiro atoms. The molecule has 1 nitrogen and oxygen atoms in total. The molecule has 0 heterocycles. The maximum atomic E-state index is 6.12. The van der Waals surface area contributed by atoms with E-state index in [0.29, 0.717) is 12.5 Å². The van der Waals surface area contributed by atoms with Gasteiger partial charge in [0.2, 0.25) is 0 Å². The highest BCUT2D eigenvalue weighted by Crippen LogP contribution is 2.42. The molecule has 1 heteroatoms. The van der Waals surface area contributed by atoms with Gasteiger partial charge >= 0.3 is 0 Å². The fourth-order valence-electron chi connectivity index (χ4n) is 2.83. The van der Waals surface area contributed by atoms with Crippen LogP contribution in [-0.4, -0.2) is 6.61 Å². The Hall–Kier alpha value is -1.24. The Morgan fingerprint density at radius 2 is 1.48 bits per heavy atom. The standard InChI is InChI=1S/C22H36O/c1-10-12-13-16(3)17-14-18(21(4,5)6)20(23-11-2)19(15-17)22(7,8)9/h10,12,14-16H,11,13H2,1-9H3/b12-10-. The first-order valence-corrected chi connectivity index (χ1v) is 8.95. The van der Waals surface area contributed by atoms with Gasteiger partial charge in [0, 0.05) is 11.1 Å². The summed E-state index contributed by atoms with van der Waals surface area (Å²) in [6.45, 7) is 20.8. The fourth-order valence-corrected chi connectivity index (χ4v) is 2.83. The summed E-state index contributed by atoms with van der Waals surface area (Å²) in [5.74, 6) is 1.61. The Morgan fingerprint density at radius 1 is 1.00 bits per heavy atom. The van der Waals surface area contributed by atoms with E-state index in [-0.39, 0.29) is 10.8 Å². The van der Waals surface area contributed by atoms with E-state index in [0.717, 1.165) is 12.2 Å². The van der Waals surface area contributed by atoms with Crippen molar-refractivity contribution in [2.75, 3.05) is 6.61 Å². The summed E-state index contributed by atoms with van der Waals surface area (Å²) in [5, 5.41) is 0. The van der Waals surface area contributed by atoms with E-state index >= 15 is 0 Å². The molecular weight excluding hydrogens is 280 g/mol. The van der Waals surface area contributed by atoms with Crippen LogP contribution in [0.4, 0.5) is 0 Å². The molecule has 23 heavy (non-hydrogen) atoms. The Morgan fingerprint density at radius 3 is 1.83 bits per heavy atom. The molecule has 0 saturated heterocycles. The minimum atomic E-state index is 0.0703. The summed E-state index contributed by atoms with van der Waals surface area (Å²) < 4.78 is 6.12. The molecule has 0 aliphatic carbocycles. The van der Waals surface area contributed by atoms with E-state index < -0.39 is 0 Å². The van der Waals surface area contributed by atoms with Crippen LogP contribution in [0.5, 0.6) is 5.75 Å². The van der Waals surface area contributed by atoms with Crippen molar-refractivity contribution in [2.45, 2.75) is 85.5 Å². The lowest BCUT2D eigenvalue weighted by Gasteiger charge is -2.31. The largest absolute Gasteiger partial charge is 0.493 e. The van der Waals surface area contributed by atoms with Crippen molar-refractivity contribution < 1.29 is 4.74 Å². The number of ether oxygens (including phenoxy) is 1. The van der Waals surface area contributed by atoms with Gasteiger partial charge in [0.15, 0.2) is 0 Å². The minimum Gasteiger partial charge on any atom is -0.493 e. The van der Waals surface area contributed by atoms with Crippen molar-refractivity contribution >= 4 is 0 Å². The smallest absolute Gasteiger partial charge is 0.126 e. The molecule has 1 rings (SSSR count). The lowest BCUT2D eigenvalue weighted by Crippen LogP contribution is -2.20. The van der Waals surface area contributed by atoms with Crippen LogP contribution in [0, 0.1) is 0 Å².